The Balaban J connectivity index is 0.00000256. The monoisotopic (exact) mass is 456 g/mol. The molecule has 1 amide bonds. The van der Waals surface area contributed by atoms with E-state index in [0.717, 1.165) is 24.3 Å². The van der Waals surface area contributed by atoms with E-state index in [-0.39, 0.29) is 31.0 Å². The summed E-state index contributed by atoms with van der Waals surface area (Å²) in [5.74, 6) is 3.15. The van der Waals surface area contributed by atoms with Crippen molar-refractivity contribution in [1.29, 1.82) is 0 Å². The van der Waals surface area contributed by atoms with E-state index >= 15 is 0 Å². The zero-order chi connectivity index (χ0) is 20.4. The first-order valence-corrected chi connectivity index (χ1v) is 11.4. The first kappa shape index (κ1) is 23.6. The fourth-order valence-electron chi connectivity index (χ4n) is 6.18. The largest absolute Gasteiger partial charge is 0.492 e. The van der Waals surface area contributed by atoms with Crippen LogP contribution in [0.15, 0.2) is 18.2 Å². The van der Waals surface area contributed by atoms with E-state index in [4.69, 9.17) is 21.4 Å². The van der Waals surface area contributed by atoms with Gasteiger partial charge < -0.3 is 20.5 Å². The highest BCUT2D eigenvalue weighted by molar-refractivity contribution is 6.33. The minimum Gasteiger partial charge on any atom is -0.492 e. The zero-order valence-corrected chi connectivity index (χ0v) is 19.2. The summed E-state index contributed by atoms with van der Waals surface area (Å²) in [4.78, 5) is 12.9. The van der Waals surface area contributed by atoms with Crippen LogP contribution in [-0.2, 0) is 0 Å². The highest BCUT2D eigenvalue weighted by Crippen LogP contribution is 2.59. The lowest BCUT2D eigenvalue weighted by Gasteiger charge is -2.56. The molecule has 0 aliphatic heterocycles. The summed E-state index contributed by atoms with van der Waals surface area (Å²) in [6, 6.07) is 5.27. The molecule has 0 unspecified atom stereocenters. The van der Waals surface area contributed by atoms with E-state index in [1.54, 1.807) is 18.2 Å². The number of aliphatic hydroxyl groups is 1. The first-order chi connectivity index (χ1) is 14.0. The van der Waals surface area contributed by atoms with Crippen LogP contribution in [0.1, 0.15) is 55.8 Å². The zero-order valence-electron chi connectivity index (χ0n) is 17.7. The highest BCUT2D eigenvalue weighted by atomic mass is 35.5. The van der Waals surface area contributed by atoms with Gasteiger partial charge in [-0.15, -0.1) is 12.4 Å². The van der Waals surface area contributed by atoms with Gasteiger partial charge >= 0.3 is 0 Å². The van der Waals surface area contributed by atoms with Gasteiger partial charge in [0.05, 0.1) is 17.2 Å². The second-order valence-electron chi connectivity index (χ2n) is 9.63. The molecule has 0 spiro atoms. The molecule has 7 heteroatoms. The van der Waals surface area contributed by atoms with Gasteiger partial charge in [-0.2, -0.15) is 0 Å². The Morgan fingerprint density at radius 2 is 1.87 bits per heavy atom. The summed E-state index contributed by atoms with van der Waals surface area (Å²) >= 11 is 6.31. The molecule has 4 aliphatic carbocycles. The first-order valence-electron chi connectivity index (χ1n) is 11.0. The molecular weight excluding hydrogens is 423 g/mol. The quantitative estimate of drug-likeness (QED) is 0.490. The van der Waals surface area contributed by atoms with Crippen LogP contribution >= 0.6 is 24.0 Å². The molecule has 5 rings (SSSR count). The molecule has 1 aromatic rings. The SMILES string of the molecule is C[C@@H](CO)NCCOc1ccc(Cl)c(C(=O)NCC23CC4CC(CC(C4)C2)C3)c1.Cl. The number of rotatable bonds is 9. The number of benzene rings is 1. The third kappa shape index (κ3) is 5.42. The van der Waals surface area contributed by atoms with Crippen LogP contribution in [0, 0.1) is 23.2 Å². The van der Waals surface area contributed by atoms with Gasteiger partial charge in [0.15, 0.2) is 0 Å². The molecule has 1 atom stereocenters. The fourth-order valence-corrected chi connectivity index (χ4v) is 6.38. The number of ether oxygens (including phenoxy) is 1. The number of halogens is 2. The number of carbonyl (C=O) groups is 1. The number of hydrogen-bond acceptors (Lipinski definition) is 4. The van der Waals surface area contributed by atoms with E-state index in [2.05, 4.69) is 10.6 Å². The predicted octanol–water partition coefficient (Wildman–Crippen LogP) is 4.06. The number of nitrogens with one attached hydrogen (secondary N) is 2. The van der Waals surface area contributed by atoms with E-state index < -0.39 is 0 Å². The van der Waals surface area contributed by atoms with Gasteiger partial charge in [0.1, 0.15) is 12.4 Å². The average molecular weight is 457 g/mol. The number of carbonyl (C=O) groups excluding carboxylic acids is 1. The second-order valence-corrected chi connectivity index (χ2v) is 10.0. The smallest absolute Gasteiger partial charge is 0.252 e. The Labute approximate surface area is 190 Å². The summed E-state index contributed by atoms with van der Waals surface area (Å²) in [5, 5.41) is 15.8. The van der Waals surface area contributed by atoms with Crippen molar-refractivity contribution in [1.82, 2.24) is 10.6 Å². The fraction of sp³-hybridized carbons (Fsp3) is 0.696. The van der Waals surface area contributed by atoms with Crippen molar-refractivity contribution >= 4 is 29.9 Å². The van der Waals surface area contributed by atoms with Crippen molar-refractivity contribution in [3.05, 3.63) is 28.8 Å². The molecule has 1 aromatic carbocycles. The van der Waals surface area contributed by atoms with E-state index in [9.17, 15) is 4.79 Å². The van der Waals surface area contributed by atoms with Crippen molar-refractivity contribution in [3.8, 4) is 5.75 Å². The number of amides is 1. The van der Waals surface area contributed by atoms with Crippen molar-refractivity contribution in [3.63, 3.8) is 0 Å². The summed E-state index contributed by atoms with van der Waals surface area (Å²) < 4.78 is 5.74. The van der Waals surface area contributed by atoms with Gasteiger partial charge in [0.2, 0.25) is 0 Å². The third-order valence-corrected chi connectivity index (χ3v) is 7.44. The standard InChI is InChI=1S/C23H33ClN2O3.ClH/c1-15(13-27)25-4-5-29-19-2-3-21(24)20(9-19)22(28)26-14-23-10-16-6-17(11-23)8-18(7-16)12-23;/h2-3,9,15-18,25,27H,4-8,10-14H2,1H3,(H,26,28);1H/t15-,16?,17?,18?,23?;/m0./s1. The van der Waals surface area contributed by atoms with Crippen molar-refractivity contribution in [2.75, 3.05) is 26.3 Å². The normalized spacial score (nSPS) is 29.9. The van der Waals surface area contributed by atoms with E-state index in [1.165, 1.54) is 38.5 Å². The van der Waals surface area contributed by atoms with E-state index in [0.29, 0.717) is 34.9 Å². The molecular formula is C23H34Cl2N2O3. The molecule has 3 N–H and O–H groups in total. The lowest BCUT2D eigenvalue weighted by Crippen LogP contribution is -2.51. The van der Waals surface area contributed by atoms with Gasteiger partial charge in [-0.1, -0.05) is 11.6 Å². The Hall–Kier alpha value is -1.01. The Kier molecular flexibility index (Phi) is 7.94. The van der Waals surface area contributed by atoms with Crippen LogP contribution in [0.4, 0.5) is 0 Å². The summed E-state index contributed by atoms with van der Waals surface area (Å²) in [5.41, 5.74) is 0.783. The van der Waals surface area contributed by atoms with Gasteiger partial charge in [0.25, 0.3) is 5.91 Å². The molecule has 0 heterocycles. The minimum atomic E-state index is -0.108. The molecule has 168 valence electrons. The Bertz CT molecular complexity index is 708. The molecule has 0 saturated heterocycles. The summed E-state index contributed by atoms with van der Waals surface area (Å²) in [6.07, 6.45) is 8.04. The van der Waals surface area contributed by atoms with Gasteiger partial charge in [-0.05, 0) is 86.8 Å². The maximum Gasteiger partial charge on any atom is 0.252 e. The van der Waals surface area contributed by atoms with Crippen molar-refractivity contribution in [2.45, 2.75) is 51.5 Å². The lowest BCUT2D eigenvalue weighted by molar-refractivity contribution is -0.0503. The third-order valence-electron chi connectivity index (χ3n) is 7.11. The Morgan fingerprint density at radius 3 is 2.47 bits per heavy atom. The molecule has 4 saturated carbocycles. The Morgan fingerprint density at radius 1 is 1.23 bits per heavy atom. The lowest BCUT2D eigenvalue weighted by atomic mass is 9.49. The molecule has 30 heavy (non-hydrogen) atoms. The molecule has 4 fully saturated rings. The van der Waals surface area contributed by atoms with Crippen LogP contribution in [0.3, 0.4) is 0 Å². The minimum absolute atomic E-state index is 0. The molecule has 0 aromatic heterocycles. The predicted molar refractivity (Wildman–Crippen MR) is 122 cm³/mol. The van der Waals surface area contributed by atoms with Crippen LogP contribution < -0.4 is 15.4 Å². The van der Waals surface area contributed by atoms with Crippen LogP contribution in [-0.4, -0.2) is 43.4 Å². The second kappa shape index (κ2) is 10.1. The van der Waals surface area contributed by atoms with Crippen molar-refractivity contribution < 1.29 is 14.6 Å². The summed E-state index contributed by atoms with van der Waals surface area (Å²) in [7, 11) is 0. The average Bonchev–Trinajstić information content (AvgIpc) is 2.69. The number of aliphatic hydroxyl groups excluding tert-OH is 1. The maximum atomic E-state index is 12.9. The van der Waals surface area contributed by atoms with Gasteiger partial charge in [-0.25, -0.2) is 0 Å². The summed E-state index contributed by atoms with van der Waals surface area (Å²) in [6.45, 7) is 3.85. The van der Waals surface area contributed by atoms with Crippen LogP contribution in [0.5, 0.6) is 5.75 Å². The van der Waals surface area contributed by atoms with Gasteiger partial charge in [-0.3, -0.25) is 4.79 Å². The maximum absolute atomic E-state index is 12.9. The number of hydrogen-bond donors (Lipinski definition) is 3. The van der Waals surface area contributed by atoms with Crippen LogP contribution in [0.2, 0.25) is 5.02 Å². The topological polar surface area (TPSA) is 70.6 Å². The molecule has 5 nitrogen and oxygen atoms in total. The van der Waals surface area contributed by atoms with Crippen molar-refractivity contribution in [2.24, 2.45) is 23.2 Å². The highest BCUT2D eigenvalue weighted by Gasteiger charge is 2.50. The molecule has 4 aliphatic rings. The molecule has 4 bridgehead atoms. The van der Waals surface area contributed by atoms with Crippen LogP contribution in [0.25, 0.3) is 0 Å². The van der Waals surface area contributed by atoms with Gasteiger partial charge in [0, 0.05) is 19.1 Å². The molecule has 0 radical (unpaired) electrons. The van der Waals surface area contributed by atoms with E-state index in [1.807, 2.05) is 6.92 Å².